The highest BCUT2D eigenvalue weighted by Gasteiger charge is 2.22. The van der Waals surface area contributed by atoms with E-state index in [1.165, 1.54) is 36.1 Å². The molecule has 2 N–H and O–H groups in total. The second-order valence-electron chi connectivity index (χ2n) is 5.21. The normalized spacial score (nSPS) is 20.3. The van der Waals surface area contributed by atoms with Gasteiger partial charge in [-0.2, -0.15) is 0 Å². The maximum absolute atomic E-state index is 3.65. The number of anilines is 1. The third kappa shape index (κ3) is 2.22. The van der Waals surface area contributed by atoms with E-state index in [-0.39, 0.29) is 0 Å². The molecule has 1 fully saturated rings. The van der Waals surface area contributed by atoms with Crippen molar-refractivity contribution in [3.63, 3.8) is 0 Å². The summed E-state index contributed by atoms with van der Waals surface area (Å²) < 4.78 is 0. The lowest BCUT2D eigenvalue weighted by molar-refractivity contribution is 0.542. The zero-order chi connectivity index (χ0) is 11.0. The number of rotatable bonds is 4. The maximum Gasteiger partial charge on any atom is 0.0373 e. The fraction of sp³-hybridized carbons (Fsp3) is 0.571. The molecule has 16 heavy (non-hydrogen) atoms. The van der Waals surface area contributed by atoms with E-state index in [1.54, 1.807) is 0 Å². The summed E-state index contributed by atoms with van der Waals surface area (Å²) in [4.78, 5) is 0. The molecule has 1 saturated carbocycles. The molecule has 0 radical (unpaired) electrons. The Hall–Kier alpha value is -1.02. The summed E-state index contributed by atoms with van der Waals surface area (Å²) in [5, 5.41) is 7.06. The summed E-state index contributed by atoms with van der Waals surface area (Å²) in [5.74, 6) is 0. The van der Waals surface area contributed by atoms with Gasteiger partial charge in [0.1, 0.15) is 0 Å². The maximum atomic E-state index is 3.65. The van der Waals surface area contributed by atoms with E-state index in [4.69, 9.17) is 0 Å². The second kappa shape index (κ2) is 4.10. The molecule has 0 bridgehead atoms. The van der Waals surface area contributed by atoms with Gasteiger partial charge in [-0.05, 0) is 49.8 Å². The van der Waals surface area contributed by atoms with Crippen LogP contribution in [0.2, 0.25) is 0 Å². The molecule has 1 aliphatic heterocycles. The van der Waals surface area contributed by atoms with Gasteiger partial charge < -0.3 is 10.6 Å². The van der Waals surface area contributed by atoms with E-state index in [9.17, 15) is 0 Å². The molecular formula is C14H20N2. The van der Waals surface area contributed by atoms with Gasteiger partial charge in [0.15, 0.2) is 0 Å². The fourth-order valence-corrected chi connectivity index (χ4v) is 2.55. The first-order valence-corrected chi connectivity index (χ1v) is 6.43. The average Bonchev–Trinajstić information content (AvgIpc) is 2.95. The minimum absolute atomic E-state index is 0.611. The van der Waals surface area contributed by atoms with Crippen LogP contribution in [0.5, 0.6) is 0 Å². The van der Waals surface area contributed by atoms with Crippen LogP contribution in [0.15, 0.2) is 18.2 Å². The zero-order valence-electron chi connectivity index (χ0n) is 9.92. The van der Waals surface area contributed by atoms with Gasteiger partial charge in [0.25, 0.3) is 0 Å². The molecule has 1 aliphatic carbocycles. The minimum atomic E-state index is 0.611. The average molecular weight is 216 g/mol. The highest BCUT2D eigenvalue weighted by Crippen LogP contribution is 2.24. The van der Waals surface area contributed by atoms with Crippen molar-refractivity contribution < 1.29 is 0 Å². The number of benzene rings is 1. The molecule has 1 atom stereocenters. The lowest BCUT2D eigenvalue weighted by Gasteiger charge is -2.13. The molecule has 86 valence electrons. The van der Waals surface area contributed by atoms with Crippen LogP contribution in [0.4, 0.5) is 5.69 Å². The van der Waals surface area contributed by atoms with Gasteiger partial charge in [0, 0.05) is 24.3 Å². The van der Waals surface area contributed by atoms with Crippen molar-refractivity contribution in [1.82, 2.24) is 5.32 Å². The molecule has 2 nitrogen and oxygen atoms in total. The second-order valence-corrected chi connectivity index (χ2v) is 5.21. The third-order valence-corrected chi connectivity index (χ3v) is 3.52. The molecule has 1 heterocycles. The standard InChI is InChI=1S/C14H20N2/c1-10(16-13-3-4-13)8-11-2-5-14-12(9-11)6-7-15-14/h2,5,9-10,13,15-16H,3-4,6-8H2,1H3. The van der Waals surface area contributed by atoms with Crippen LogP contribution in [0.1, 0.15) is 30.9 Å². The molecule has 2 heteroatoms. The van der Waals surface area contributed by atoms with Gasteiger partial charge in [-0.15, -0.1) is 0 Å². The molecule has 3 rings (SSSR count). The van der Waals surface area contributed by atoms with Crippen LogP contribution in [0.3, 0.4) is 0 Å². The summed E-state index contributed by atoms with van der Waals surface area (Å²) in [5.41, 5.74) is 4.31. The molecule has 2 aliphatic rings. The van der Waals surface area contributed by atoms with Crippen molar-refractivity contribution in [2.75, 3.05) is 11.9 Å². The van der Waals surface area contributed by atoms with Gasteiger partial charge in [0.2, 0.25) is 0 Å². The van der Waals surface area contributed by atoms with Gasteiger partial charge >= 0.3 is 0 Å². The van der Waals surface area contributed by atoms with Gasteiger partial charge in [-0.3, -0.25) is 0 Å². The van der Waals surface area contributed by atoms with Gasteiger partial charge in [0.05, 0.1) is 0 Å². The molecule has 0 amide bonds. The van der Waals surface area contributed by atoms with Crippen molar-refractivity contribution in [2.45, 2.75) is 44.7 Å². The van der Waals surface area contributed by atoms with E-state index >= 15 is 0 Å². The van der Waals surface area contributed by atoms with Crippen LogP contribution in [-0.2, 0) is 12.8 Å². The highest BCUT2D eigenvalue weighted by atomic mass is 15.0. The third-order valence-electron chi connectivity index (χ3n) is 3.52. The SMILES string of the molecule is CC(Cc1ccc2c(c1)CCN2)NC1CC1. The monoisotopic (exact) mass is 216 g/mol. The first-order valence-electron chi connectivity index (χ1n) is 6.43. The summed E-state index contributed by atoms with van der Waals surface area (Å²) in [7, 11) is 0. The first-order chi connectivity index (χ1) is 7.81. The van der Waals surface area contributed by atoms with Crippen molar-refractivity contribution in [3.05, 3.63) is 29.3 Å². The molecule has 0 aromatic heterocycles. The van der Waals surface area contributed by atoms with Crippen molar-refractivity contribution in [1.29, 1.82) is 0 Å². The molecule has 1 aromatic carbocycles. The van der Waals surface area contributed by atoms with Crippen LogP contribution in [0, 0.1) is 0 Å². The van der Waals surface area contributed by atoms with Gasteiger partial charge in [-0.1, -0.05) is 12.1 Å². The predicted molar refractivity (Wildman–Crippen MR) is 68.0 cm³/mol. The lowest BCUT2D eigenvalue weighted by atomic mass is 10.0. The molecule has 0 spiro atoms. The molecule has 1 unspecified atom stereocenters. The summed E-state index contributed by atoms with van der Waals surface area (Å²) >= 11 is 0. The topological polar surface area (TPSA) is 24.1 Å². The van der Waals surface area contributed by atoms with E-state index in [0.29, 0.717) is 6.04 Å². The number of hydrogen-bond acceptors (Lipinski definition) is 2. The van der Waals surface area contributed by atoms with Crippen molar-refractivity contribution in [2.24, 2.45) is 0 Å². The van der Waals surface area contributed by atoms with Crippen LogP contribution >= 0.6 is 0 Å². The van der Waals surface area contributed by atoms with E-state index in [1.807, 2.05) is 0 Å². The first kappa shape index (κ1) is 10.2. The Labute approximate surface area is 97.4 Å². The predicted octanol–water partition coefficient (Wildman–Crippen LogP) is 2.34. The van der Waals surface area contributed by atoms with E-state index in [0.717, 1.165) is 19.0 Å². The highest BCUT2D eigenvalue weighted by molar-refractivity contribution is 5.56. The Balaban J connectivity index is 1.64. The zero-order valence-corrected chi connectivity index (χ0v) is 9.92. The lowest BCUT2D eigenvalue weighted by Crippen LogP contribution is -2.29. The number of fused-ring (bicyclic) bond motifs is 1. The Morgan fingerprint density at radius 2 is 2.31 bits per heavy atom. The largest absolute Gasteiger partial charge is 0.384 e. The van der Waals surface area contributed by atoms with Crippen LogP contribution in [-0.4, -0.2) is 18.6 Å². The van der Waals surface area contributed by atoms with Crippen LogP contribution in [0.25, 0.3) is 0 Å². The van der Waals surface area contributed by atoms with E-state index < -0.39 is 0 Å². The quantitative estimate of drug-likeness (QED) is 0.807. The van der Waals surface area contributed by atoms with E-state index in [2.05, 4.69) is 35.8 Å². The number of nitrogens with one attached hydrogen (secondary N) is 2. The molecule has 0 saturated heterocycles. The van der Waals surface area contributed by atoms with Crippen LogP contribution < -0.4 is 10.6 Å². The fourth-order valence-electron chi connectivity index (χ4n) is 2.55. The summed E-state index contributed by atoms with van der Waals surface area (Å²) in [6.45, 7) is 3.40. The van der Waals surface area contributed by atoms with Crippen molar-refractivity contribution in [3.8, 4) is 0 Å². The summed E-state index contributed by atoms with van der Waals surface area (Å²) in [6, 6.07) is 8.30. The smallest absolute Gasteiger partial charge is 0.0373 e. The molecule has 1 aromatic rings. The summed E-state index contributed by atoms with van der Waals surface area (Å²) in [6.07, 6.45) is 5.09. The Morgan fingerprint density at radius 3 is 3.12 bits per heavy atom. The Morgan fingerprint density at radius 1 is 1.44 bits per heavy atom. The van der Waals surface area contributed by atoms with Gasteiger partial charge in [-0.25, -0.2) is 0 Å². The molecular weight excluding hydrogens is 196 g/mol. The van der Waals surface area contributed by atoms with Crippen molar-refractivity contribution >= 4 is 5.69 Å². The Kier molecular flexibility index (Phi) is 2.60. The minimum Gasteiger partial charge on any atom is -0.384 e. The number of hydrogen-bond donors (Lipinski definition) is 2. The Bertz CT molecular complexity index is 382.